The van der Waals surface area contributed by atoms with Gasteiger partial charge < -0.3 is 25.6 Å². The molecule has 2 amide bonds. The number of anilines is 1. The van der Waals surface area contributed by atoms with Crippen molar-refractivity contribution in [3.8, 4) is 0 Å². The maximum absolute atomic E-state index is 13.9. The summed E-state index contributed by atoms with van der Waals surface area (Å²) in [4.78, 5) is 25.7. The molecule has 2 atom stereocenters. The van der Waals surface area contributed by atoms with Crippen LogP contribution in [-0.2, 0) is 9.59 Å². The fourth-order valence-corrected chi connectivity index (χ4v) is 2.97. The van der Waals surface area contributed by atoms with Gasteiger partial charge in [-0.15, -0.1) is 0 Å². The van der Waals surface area contributed by atoms with E-state index in [2.05, 4.69) is 10.6 Å². The molecular weight excluding hydrogens is 359 g/mol. The van der Waals surface area contributed by atoms with Crippen LogP contribution in [0.15, 0.2) is 18.2 Å². The van der Waals surface area contributed by atoms with E-state index in [4.69, 9.17) is 0 Å². The van der Waals surface area contributed by atoms with Crippen molar-refractivity contribution in [3.63, 3.8) is 0 Å². The Morgan fingerprint density at radius 2 is 2.04 bits per heavy atom. The van der Waals surface area contributed by atoms with E-state index in [9.17, 15) is 28.4 Å². The Bertz CT molecular complexity index is 690. The average Bonchev–Trinajstić information content (AvgIpc) is 2.53. The lowest BCUT2D eigenvalue weighted by molar-refractivity contribution is -0.127. The molecule has 4 N–H and O–H groups in total. The normalized spacial score (nSPS) is 17.3. The smallest absolute Gasteiger partial charge is 0.426 e. The molecule has 1 aromatic carbocycles. The van der Waals surface area contributed by atoms with Gasteiger partial charge in [0.25, 0.3) is 0 Å². The minimum Gasteiger partial charge on any atom is -0.426 e. The predicted octanol–water partition coefficient (Wildman–Crippen LogP) is 0.203. The molecule has 1 aromatic rings. The van der Waals surface area contributed by atoms with Gasteiger partial charge in [-0.25, -0.2) is 8.78 Å². The lowest BCUT2D eigenvalue weighted by atomic mass is 9.75. The summed E-state index contributed by atoms with van der Waals surface area (Å²) in [6, 6.07) is 2.50. The summed E-state index contributed by atoms with van der Waals surface area (Å²) in [6.07, 6.45) is 0.854. The number of carbonyl (C=O) groups is 2. The molecule has 148 valence electrons. The molecule has 10 heteroatoms. The number of halogens is 2. The Kier molecular flexibility index (Phi) is 7.15. The number of nitrogens with one attached hydrogen (secondary N) is 2. The van der Waals surface area contributed by atoms with Gasteiger partial charge in [-0.2, -0.15) is 0 Å². The second-order valence-electron chi connectivity index (χ2n) is 7.03. The predicted molar refractivity (Wildman–Crippen MR) is 96.7 cm³/mol. The highest BCUT2D eigenvalue weighted by molar-refractivity contribution is 6.43. The van der Waals surface area contributed by atoms with Gasteiger partial charge in [0, 0.05) is 12.6 Å². The highest BCUT2D eigenvalue weighted by atomic mass is 19.1. The van der Waals surface area contributed by atoms with Crippen LogP contribution in [0.1, 0.15) is 26.7 Å². The minimum atomic E-state index is -1.70. The molecule has 0 bridgehead atoms. The molecule has 27 heavy (non-hydrogen) atoms. The first kappa shape index (κ1) is 21.1. The van der Waals surface area contributed by atoms with Crippen LogP contribution < -0.4 is 15.5 Å². The molecule has 0 spiro atoms. The van der Waals surface area contributed by atoms with Gasteiger partial charge in [0.15, 0.2) is 0 Å². The lowest BCUT2D eigenvalue weighted by Crippen LogP contribution is -2.58. The SMILES string of the molecule is CC(C)C[C@@H](NC(=O)CNC(=O)[C@@H]1CCN1c1ccc(F)cc1F)B(O)O. The van der Waals surface area contributed by atoms with E-state index in [-0.39, 0.29) is 18.2 Å². The quantitative estimate of drug-likeness (QED) is 0.481. The molecule has 0 unspecified atom stereocenters. The number of hydrogen-bond acceptors (Lipinski definition) is 5. The molecule has 1 heterocycles. The van der Waals surface area contributed by atoms with Crippen molar-refractivity contribution < 1.29 is 28.4 Å². The van der Waals surface area contributed by atoms with E-state index in [0.717, 1.165) is 12.1 Å². The zero-order valence-corrected chi connectivity index (χ0v) is 15.3. The molecular formula is C17H24BF2N3O4. The first-order valence-electron chi connectivity index (χ1n) is 8.84. The first-order valence-corrected chi connectivity index (χ1v) is 8.84. The average molecular weight is 383 g/mol. The number of rotatable bonds is 8. The van der Waals surface area contributed by atoms with Gasteiger partial charge >= 0.3 is 7.12 Å². The van der Waals surface area contributed by atoms with Crippen molar-refractivity contribution in [3.05, 3.63) is 29.8 Å². The van der Waals surface area contributed by atoms with Crippen molar-refractivity contribution >= 4 is 24.6 Å². The lowest BCUT2D eigenvalue weighted by Gasteiger charge is -2.41. The topological polar surface area (TPSA) is 102 Å². The monoisotopic (exact) mass is 383 g/mol. The Morgan fingerprint density at radius 1 is 1.33 bits per heavy atom. The second-order valence-corrected chi connectivity index (χ2v) is 7.03. The van der Waals surface area contributed by atoms with Crippen LogP contribution in [0, 0.1) is 17.6 Å². The van der Waals surface area contributed by atoms with E-state index in [1.54, 1.807) is 0 Å². The highest BCUT2D eigenvalue weighted by Crippen LogP contribution is 2.29. The van der Waals surface area contributed by atoms with E-state index in [0.29, 0.717) is 19.4 Å². The summed E-state index contributed by atoms with van der Waals surface area (Å²) < 4.78 is 26.9. The summed E-state index contributed by atoms with van der Waals surface area (Å²) in [5.74, 6) is -3.15. The summed E-state index contributed by atoms with van der Waals surface area (Å²) in [5.41, 5.74) is 0.132. The fraction of sp³-hybridized carbons (Fsp3) is 0.529. The maximum Gasteiger partial charge on any atom is 0.475 e. The Morgan fingerprint density at radius 3 is 2.56 bits per heavy atom. The first-order chi connectivity index (χ1) is 12.7. The summed E-state index contributed by atoms with van der Waals surface area (Å²) in [5, 5.41) is 23.6. The molecule has 7 nitrogen and oxygen atoms in total. The molecule has 2 rings (SSSR count). The molecule has 0 saturated carbocycles. The zero-order valence-electron chi connectivity index (χ0n) is 15.3. The van der Waals surface area contributed by atoms with Crippen molar-refractivity contribution in [2.45, 2.75) is 38.7 Å². The zero-order chi connectivity index (χ0) is 20.1. The minimum absolute atomic E-state index is 0.132. The third-order valence-corrected chi connectivity index (χ3v) is 4.40. The third-order valence-electron chi connectivity index (χ3n) is 4.40. The Balaban J connectivity index is 1.87. The highest BCUT2D eigenvalue weighted by Gasteiger charge is 2.36. The molecule has 0 aliphatic carbocycles. The molecule has 1 aliphatic rings. The largest absolute Gasteiger partial charge is 0.475 e. The third kappa shape index (κ3) is 5.64. The van der Waals surface area contributed by atoms with E-state index >= 15 is 0 Å². The molecule has 0 aromatic heterocycles. The van der Waals surface area contributed by atoms with Crippen LogP contribution in [0.2, 0.25) is 0 Å². The standard InChI is InChI=1S/C17H24BF2N3O4/c1-10(2)7-15(18(26)27)22-16(24)9-21-17(25)14-5-6-23(14)13-4-3-11(19)8-12(13)20/h3-4,8,10,14-15,26-27H,5-7,9H2,1-2H3,(H,21,25)(H,22,24)/t14-,15+/m0/s1. The van der Waals surface area contributed by atoms with Gasteiger partial charge in [-0.1, -0.05) is 13.8 Å². The number of nitrogens with zero attached hydrogens (tertiary/aromatic N) is 1. The maximum atomic E-state index is 13.9. The fourth-order valence-electron chi connectivity index (χ4n) is 2.97. The number of benzene rings is 1. The van der Waals surface area contributed by atoms with Crippen molar-refractivity contribution in [1.29, 1.82) is 0 Å². The number of amides is 2. The molecule has 0 radical (unpaired) electrons. The van der Waals surface area contributed by atoms with E-state index < -0.39 is 42.6 Å². The van der Waals surface area contributed by atoms with Crippen LogP contribution in [0.3, 0.4) is 0 Å². The summed E-state index contributed by atoms with van der Waals surface area (Å²) >= 11 is 0. The van der Waals surface area contributed by atoms with Crippen LogP contribution >= 0.6 is 0 Å². The van der Waals surface area contributed by atoms with Gasteiger partial charge in [-0.05, 0) is 30.9 Å². The van der Waals surface area contributed by atoms with E-state index in [1.807, 2.05) is 13.8 Å². The van der Waals surface area contributed by atoms with E-state index in [1.165, 1.54) is 11.0 Å². The summed E-state index contributed by atoms with van der Waals surface area (Å²) in [6.45, 7) is 3.86. The van der Waals surface area contributed by atoms with Crippen LogP contribution in [-0.4, -0.2) is 54.1 Å². The Hall–Kier alpha value is -2.20. The van der Waals surface area contributed by atoms with Crippen LogP contribution in [0.4, 0.5) is 14.5 Å². The number of hydrogen-bond donors (Lipinski definition) is 4. The van der Waals surface area contributed by atoms with Gasteiger partial charge in [0.2, 0.25) is 11.8 Å². The molecule has 1 fully saturated rings. The van der Waals surface area contributed by atoms with Gasteiger partial charge in [0.1, 0.15) is 17.7 Å². The summed E-state index contributed by atoms with van der Waals surface area (Å²) in [7, 11) is -1.70. The number of carbonyl (C=O) groups excluding carboxylic acids is 2. The van der Waals surface area contributed by atoms with Crippen molar-refractivity contribution in [1.82, 2.24) is 10.6 Å². The molecule has 1 saturated heterocycles. The van der Waals surface area contributed by atoms with Gasteiger partial charge in [0.05, 0.1) is 18.2 Å². The second kappa shape index (κ2) is 9.14. The van der Waals surface area contributed by atoms with Crippen molar-refractivity contribution in [2.24, 2.45) is 5.92 Å². The van der Waals surface area contributed by atoms with Gasteiger partial charge in [-0.3, -0.25) is 9.59 Å². The van der Waals surface area contributed by atoms with Crippen LogP contribution in [0.25, 0.3) is 0 Å². The van der Waals surface area contributed by atoms with Crippen LogP contribution in [0.5, 0.6) is 0 Å². The van der Waals surface area contributed by atoms with Crippen molar-refractivity contribution in [2.75, 3.05) is 18.0 Å². The molecule has 1 aliphatic heterocycles. The Labute approximate surface area is 156 Å².